The first-order chi connectivity index (χ1) is 8.60. The molecule has 1 rings (SSSR count). The molecule has 0 aliphatic rings. The van der Waals surface area contributed by atoms with E-state index in [1.54, 1.807) is 36.0 Å². The van der Waals surface area contributed by atoms with Gasteiger partial charge in [0.25, 0.3) is 0 Å². The summed E-state index contributed by atoms with van der Waals surface area (Å²) in [4.78, 5) is 0.341. The van der Waals surface area contributed by atoms with E-state index in [4.69, 9.17) is 9.47 Å². The molecule has 1 aromatic carbocycles. The minimum Gasteiger partial charge on any atom is -0.468 e. The lowest BCUT2D eigenvalue weighted by atomic mass is 10.3. The number of thioether (sulfide) groups is 1. The Balaban J connectivity index is 2.65. The highest BCUT2D eigenvalue weighted by Crippen LogP contribution is 2.18. The van der Waals surface area contributed by atoms with Crippen molar-refractivity contribution < 1.29 is 17.9 Å². The van der Waals surface area contributed by atoms with Crippen molar-refractivity contribution in [2.45, 2.75) is 11.3 Å². The summed E-state index contributed by atoms with van der Waals surface area (Å²) in [5.74, 6) is 1.64. The first-order valence-electron chi connectivity index (χ1n) is 5.53. The Morgan fingerprint density at radius 3 is 2.44 bits per heavy atom. The lowest BCUT2D eigenvalue weighted by Crippen LogP contribution is -2.07. The van der Waals surface area contributed by atoms with Gasteiger partial charge < -0.3 is 9.47 Å². The maximum atomic E-state index is 12.0. The van der Waals surface area contributed by atoms with E-state index < -0.39 is 9.84 Å². The Morgan fingerprint density at radius 1 is 1.22 bits per heavy atom. The number of sulfone groups is 1. The summed E-state index contributed by atoms with van der Waals surface area (Å²) in [7, 11) is -1.64. The van der Waals surface area contributed by atoms with Crippen LogP contribution in [-0.4, -0.2) is 40.1 Å². The van der Waals surface area contributed by atoms with Gasteiger partial charge in [-0.15, -0.1) is 0 Å². The van der Waals surface area contributed by atoms with Crippen molar-refractivity contribution in [1.82, 2.24) is 0 Å². The monoisotopic (exact) mass is 290 g/mol. The summed E-state index contributed by atoms with van der Waals surface area (Å²) < 4.78 is 33.9. The molecule has 0 amide bonds. The highest BCUT2D eigenvalue weighted by molar-refractivity contribution is 7.98. The van der Waals surface area contributed by atoms with Crippen LogP contribution in [-0.2, 0) is 14.6 Å². The Labute approximate surface area is 113 Å². The van der Waals surface area contributed by atoms with Gasteiger partial charge in [0, 0.05) is 7.11 Å². The fourth-order valence-corrected chi connectivity index (χ4v) is 3.31. The highest BCUT2D eigenvalue weighted by atomic mass is 32.2. The van der Waals surface area contributed by atoms with Crippen molar-refractivity contribution in [3.05, 3.63) is 24.3 Å². The molecule has 18 heavy (non-hydrogen) atoms. The van der Waals surface area contributed by atoms with E-state index in [0.717, 1.165) is 5.75 Å². The molecule has 4 nitrogen and oxygen atoms in total. The van der Waals surface area contributed by atoms with Crippen molar-refractivity contribution in [1.29, 1.82) is 0 Å². The Bertz CT molecular complexity index is 440. The largest absolute Gasteiger partial charge is 0.468 e. The number of ether oxygens (including phenoxy) is 2. The second-order valence-electron chi connectivity index (χ2n) is 3.69. The Morgan fingerprint density at radius 2 is 1.89 bits per heavy atom. The molecule has 0 fully saturated rings. The molecule has 0 unspecified atom stereocenters. The smallest absolute Gasteiger partial charge is 0.188 e. The van der Waals surface area contributed by atoms with Crippen molar-refractivity contribution in [3.63, 3.8) is 0 Å². The van der Waals surface area contributed by atoms with Gasteiger partial charge in [-0.1, -0.05) is 0 Å². The van der Waals surface area contributed by atoms with E-state index in [0.29, 0.717) is 17.1 Å². The van der Waals surface area contributed by atoms with Crippen LogP contribution in [0.4, 0.5) is 0 Å². The van der Waals surface area contributed by atoms with E-state index in [2.05, 4.69) is 0 Å². The fraction of sp³-hybridized carbons (Fsp3) is 0.500. The van der Waals surface area contributed by atoms with Gasteiger partial charge in [0.05, 0.1) is 10.6 Å². The lowest BCUT2D eigenvalue weighted by Gasteiger charge is -2.07. The topological polar surface area (TPSA) is 52.6 Å². The zero-order valence-corrected chi connectivity index (χ0v) is 12.2. The van der Waals surface area contributed by atoms with Crippen LogP contribution < -0.4 is 4.74 Å². The Hall–Kier alpha value is -0.720. The van der Waals surface area contributed by atoms with Crippen molar-refractivity contribution in [2.24, 2.45) is 0 Å². The van der Waals surface area contributed by atoms with Gasteiger partial charge in [-0.05, 0) is 42.7 Å². The van der Waals surface area contributed by atoms with Gasteiger partial charge >= 0.3 is 0 Å². The molecule has 102 valence electrons. The first kappa shape index (κ1) is 15.3. The maximum absolute atomic E-state index is 12.0. The summed E-state index contributed by atoms with van der Waals surface area (Å²) in [6.07, 6.45) is 2.64. The molecule has 0 radical (unpaired) electrons. The molecule has 0 bridgehead atoms. The molecule has 0 aromatic heterocycles. The van der Waals surface area contributed by atoms with E-state index >= 15 is 0 Å². The van der Waals surface area contributed by atoms with E-state index in [1.807, 2.05) is 6.26 Å². The van der Waals surface area contributed by atoms with Crippen molar-refractivity contribution in [3.8, 4) is 5.75 Å². The van der Waals surface area contributed by atoms with Crippen molar-refractivity contribution >= 4 is 21.6 Å². The summed E-state index contributed by atoms with van der Waals surface area (Å²) in [5, 5.41) is 0. The van der Waals surface area contributed by atoms with Crippen molar-refractivity contribution in [2.75, 3.05) is 31.7 Å². The zero-order valence-electron chi connectivity index (χ0n) is 10.6. The van der Waals surface area contributed by atoms with Crippen LogP contribution in [0.2, 0.25) is 0 Å². The molecule has 0 spiro atoms. The summed E-state index contributed by atoms with van der Waals surface area (Å²) in [5.41, 5.74) is 0. The number of benzene rings is 1. The Kier molecular flexibility index (Phi) is 6.52. The molecular weight excluding hydrogens is 272 g/mol. The average Bonchev–Trinajstić information content (AvgIpc) is 2.37. The first-order valence-corrected chi connectivity index (χ1v) is 8.58. The minimum atomic E-state index is -3.17. The normalized spacial score (nSPS) is 11.4. The predicted molar refractivity (Wildman–Crippen MR) is 74.0 cm³/mol. The van der Waals surface area contributed by atoms with Gasteiger partial charge in [0.15, 0.2) is 16.6 Å². The zero-order chi connectivity index (χ0) is 13.4. The third-order valence-electron chi connectivity index (χ3n) is 2.29. The van der Waals surface area contributed by atoms with Gasteiger partial charge in [-0.2, -0.15) is 11.8 Å². The molecule has 0 heterocycles. The molecular formula is C12H18O4S2. The molecule has 6 heteroatoms. The van der Waals surface area contributed by atoms with Gasteiger partial charge in [-0.25, -0.2) is 8.42 Å². The third kappa shape index (κ3) is 4.88. The molecule has 0 aliphatic heterocycles. The fourth-order valence-electron chi connectivity index (χ4n) is 1.38. The average molecular weight is 290 g/mol. The second-order valence-corrected chi connectivity index (χ2v) is 6.78. The van der Waals surface area contributed by atoms with E-state index in [9.17, 15) is 8.42 Å². The van der Waals surface area contributed by atoms with Crippen LogP contribution in [0.5, 0.6) is 5.75 Å². The minimum absolute atomic E-state index is 0.153. The lowest BCUT2D eigenvalue weighted by molar-refractivity contribution is 0.0511. The van der Waals surface area contributed by atoms with E-state index in [1.165, 1.54) is 7.11 Å². The predicted octanol–water partition coefficient (Wildman–Crippen LogP) is 2.20. The molecule has 0 N–H and O–H groups in total. The van der Waals surface area contributed by atoms with Gasteiger partial charge in [0.2, 0.25) is 0 Å². The summed E-state index contributed by atoms with van der Waals surface area (Å²) >= 11 is 1.65. The standard InChI is InChI=1S/C12H18O4S2/c1-15-10-16-11-4-6-12(7-5-11)18(13,14)9-3-8-17-2/h4-7H,3,8-10H2,1-2H3. The molecule has 0 saturated heterocycles. The number of methoxy groups -OCH3 is 1. The SMILES string of the molecule is COCOc1ccc(S(=O)(=O)CCCSC)cc1. The van der Waals surface area contributed by atoms with Crippen LogP contribution in [0.15, 0.2) is 29.2 Å². The number of hydrogen-bond donors (Lipinski definition) is 0. The van der Waals surface area contributed by atoms with Crippen LogP contribution in [0.3, 0.4) is 0 Å². The van der Waals surface area contributed by atoms with E-state index in [-0.39, 0.29) is 12.5 Å². The van der Waals surface area contributed by atoms with Crippen LogP contribution >= 0.6 is 11.8 Å². The van der Waals surface area contributed by atoms with Crippen LogP contribution in [0.25, 0.3) is 0 Å². The number of hydrogen-bond acceptors (Lipinski definition) is 5. The molecule has 0 aliphatic carbocycles. The molecule has 1 aromatic rings. The summed E-state index contributed by atoms with van der Waals surface area (Å²) in [6.45, 7) is 0.153. The molecule has 0 saturated carbocycles. The van der Waals surface area contributed by atoms with Crippen LogP contribution in [0.1, 0.15) is 6.42 Å². The summed E-state index contributed by atoms with van der Waals surface area (Å²) in [6, 6.07) is 6.42. The second kappa shape index (κ2) is 7.66. The quantitative estimate of drug-likeness (QED) is 0.542. The van der Waals surface area contributed by atoms with Crippen LogP contribution in [0, 0.1) is 0 Å². The maximum Gasteiger partial charge on any atom is 0.188 e. The molecule has 0 atom stereocenters. The van der Waals surface area contributed by atoms with Gasteiger partial charge in [-0.3, -0.25) is 0 Å². The number of rotatable bonds is 8. The third-order valence-corrected chi connectivity index (χ3v) is 4.80. The van der Waals surface area contributed by atoms with Gasteiger partial charge in [0.1, 0.15) is 5.75 Å². The highest BCUT2D eigenvalue weighted by Gasteiger charge is 2.13.